The molecule has 10 nitrogen and oxygen atoms in total. The zero-order valence-corrected chi connectivity index (χ0v) is 18.8. The van der Waals surface area contributed by atoms with Crippen molar-refractivity contribution in [1.82, 2.24) is 30.4 Å². The number of amides is 2. The normalized spacial score (nSPS) is 12.8. The molecular weight excluding hydrogens is 455 g/mol. The second-order valence-corrected chi connectivity index (χ2v) is 7.99. The Kier molecular flexibility index (Phi) is 5.96. The molecule has 2 amide bonds. The Hall–Kier alpha value is -4.54. The molecule has 11 heteroatoms. The van der Waals surface area contributed by atoms with Crippen LogP contribution in [0.15, 0.2) is 59.1 Å². The first-order chi connectivity index (χ1) is 17.0. The van der Waals surface area contributed by atoms with E-state index in [0.717, 1.165) is 5.69 Å². The molecule has 0 radical (unpaired) electrons. The number of ether oxygens (including phenoxy) is 1. The first-order valence-corrected chi connectivity index (χ1v) is 10.9. The van der Waals surface area contributed by atoms with Crippen molar-refractivity contribution in [2.24, 2.45) is 0 Å². The Morgan fingerprint density at radius 3 is 2.66 bits per heavy atom. The van der Waals surface area contributed by atoms with E-state index in [4.69, 9.17) is 9.26 Å². The van der Waals surface area contributed by atoms with E-state index in [1.165, 1.54) is 16.9 Å². The first-order valence-electron chi connectivity index (χ1n) is 10.9. The molecule has 0 bridgehead atoms. The van der Waals surface area contributed by atoms with Crippen molar-refractivity contribution in [2.75, 3.05) is 6.54 Å². The highest BCUT2D eigenvalue weighted by Gasteiger charge is 2.31. The number of nitrogens with zero attached hydrogens (tertiary/aromatic N) is 5. The van der Waals surface area contributed by atoms with Gasteiger partial charge in [0.25, 0.3) is 11.8 Å². The van der Waals surface area contributed by atoms with Crippen molar-refractivity contribution < 1.29 is 23.2 Å². The van der Waals surface area contributed by atoms with Gasteiger partial charge in [0.15, 0.2) is 5.69 Å². The minimum Gasteiger partial charge on any atom is -0.387 e. The largest absolute Gasteiger partial charge is 0.414 e. The molecule has 2 aromatic carbocycles. The van der Waals surface area contributed by atoms with Crippen LogP contribution in [-0.2, 0) is 19.5 Å². The number of hydrogen-bond donors (Lipinski definition) is 1. The molecule has 0 atom stereocenters. The molecule has 0 aliphatic carbocycles. The van der Waals surface area contributed by atoms with Gasteiger partial charge in [0.2, 0.25) is 0 Å². The Labute approximate surface area is 199 Å². The van der Waals surface area contributed by atoms with Crippen molar-refractivity contribution in [3.63, 3.8) is 0 Å². The van der Waals surface area contributed by atoms with Gasteiger partial charge in [-0.3, -0.25) is 4.79 Å². The maximum absolute atomic E-state index is 13.2. The van der Waals surface area contributed by atoms with Crippen LogP contribution in [-0.4, -0.2) is 43.6 Å². The summed E-state index contributed by atoms with van der Waals surface area (Å²) in [6.45, 7) is 2.43. The molecule has 35 heavy (non-hydrogen) atoms. The number of fused-ring (bicyclic) bond motifs is 1. The number of aromatic nitrogens is 4. The van der Waals surface area contributed by atoms with Crippen molar-refractivity contribution in [2.45, 2.75) is 26.4 Å². The number of benzene rings is 2. The number of hydrogen-bond acceptors (Lipinski definition) is 7. The van der Waals surface area contributed by atoms with E-state index in [1.54, 1.807) is 24.0 Å². The zero-order chi connectivity index (χ0) is 24.4. The Bertz CT molecular complexity index is 1370. The third-order valence-electron chi connectivity index (χ3n) is 5.59. The number of aryl methyl sites for hydroxylation is 1. The molecule has 0 fully saturated rings. The molecule has 4 aromatic rings. The van der Waals surface area contributed by atoms with E-state index >= 15 is 0 Å². The fourth-order valence-corrected chi connectivity index (χ4v) is 3.74. The van der Waals surface area contributed by atoms with Gasteiger partial charge in [-0.2, -0.15) is 9.90 Å². The van der Waals surface area contributed by atoms with Gasteiger partial charge in [0, 0.05) is 19.5 Å². The lowest BCUT2D eigenvalue weighted by Gasteiger charge is -2.25. The van der Waals surface area contributed by atoms with Crippen LogP contribution in [0.5, 0.6) is 5.88 Å². The molecule has 178 valence electrons. The monoisotopic (exact) mass is 476 g/mol. The maximum atomic E-state index is 13.2. The van der Waals surface area contributed by atoms with Gasteiger partial charge in [-0.05, 0) is 41.9 Å². The number of carbonyl (C=O) groups is 2. The summed E-state index contributed by atoms with van der Waals surface area (Å²) < 4.78 is 23.7. The summed E-state index contributed by atoms with van der Waals surface area (Å²) in [5.41, 5.74) is 2.73. The molecule has 2 aromatic heterocycles. The third-order valence-corrected chi connectivity index (χ3v) is 5.59. The number of para-hydroxylation sites is 1. The van der Waals surface area contributed by atoms with Gasteiger partial charge < -0.3 is 19.5 Å². The molecule has 0 spiro atoms. The first kappa shape index (κ1) is 22.3. The van der Waals surface area contributed by atoms with E-state index in [1.807, 2.05) is 30.3 Å². The van der Waals surface area contributed by atoms with Gasteiger partial charge in [-0.25, -0.2) is 9.18 Å². The predicted octanol–water partition coefficient (Wildman–Crippen LogP) is 3.19. The lowest BCUT2D eigenvalue weighted by molar-refractivity contribution is 0.0721. The molecule has 1 N–H and O–H groups in total. The summed E-state index contributed by atoms with van der Waals surface area (Å²) in [4.78, 5) is 28.5. The van der Waals surface area contributed by atoms with E-state index in [2.05, 4.69) is 20.7 Å². The Morgan fingerprint density at radius 1 is 1.11 bits per heavy atom. The second kappa shape index (κ2) is 9.37. The van der Waals surface area contributed by atoms with Crippen molar-refractivity contribution in [1.29, 1.82) is 0 Å². The lowest BCUT2D eigenvalue weighted by atomic mass is 10.1. The van der Waals surface area contributed by atoms with Crippen molar-refractivity contribution in [3.8, 4) is 11.6 Å². The highest BCUT2D eigenvalue weighted by atomic mass is 19.1. The average molecular weight is 476 g/mol. The van der Waals surface area contributed by atoms with Crippen LogP contribution in [0.25, 0.3) is 5.69 Å². The van der Waals surface area contributed by atoms with Crippen LogP contribution in [0.3, 0.4) is 0 Å². The van der Waals surface area contributed by atoms with Crippen LogP contribution in [0.1, 0.15) is 33.1 Å². The van der Waals surface area contributed by atoms with E-state index in [0.29, 0.717) is 35.5 Å². The third kappa shape index (κ3) is 4.74. The van der Waals surface area contributed by atoms with Gasteiger partial charge in [0.05, 0.1) is 23.5 Å². The zero-order valence-electron chi connectivity index (χ0n) is 18.8. The SMILES string of the molecule is Cc1nn(-c2ccccc2)nc1C(=O)N1CCc2onc(OC(=O)NCc3ccc(F)cc3)c2C1. The smallest absolute Gasteiger partial charge is 0.387 e. The standard InChI is InChI=1S/C24H21FN6O4/c1-15-21(28-31(27-15)18-5-3-2-4-6-18)23(32)30-12-11-20-19(14-30)22(29-35-20)34-24(33)26-13-16-7-9-17(25)10-8-16/h2-10H,11-14H2,1H3,(H,26,33). The average Bonchev–Trinajstić information content (AvgIpc) is 3.47. The van der Waals surface area contributed by atoms with Crippen LogP contribution < -0.4 is 10.1 Å². The summed E-state index contributed by atoms with van der Waals surface area (Å²) in [6.07, 6.45) is -0.323. The molecule has 1 aliphatic rings. The van der Waals surface area contributed by atoms with Gasteiger partial charge in [0.1, 0.15) is 11.6 Å². The molecule has 0 saturated heterocycles. The van der Waals surface area contributed by atoms with Crippen LogP contribution in [0.2, 0.25) is 0 Å². The minimum absolute atomic E-state index is 0.00114. The fourth-order valence-electron chi connectivity index (χ4n) is 3.74. The maximum Gasteiger partial charge on any atom is 0.414 e. The van der Waals surface area contributed by atoms with Gasteiger partial charge in [-0.15, -0.1) is 5.10 Å². The number of rotatable bonds is 5. The van der Waals surface area contributed by atoms with E-state index < -0.39 is 6.09 Å². The van der Waals surface area contributed by atoms with Crippen LogP contribution >= 0.6 is 0 Å². The Morgan fingerprint density at radius 2 is 1.89 bits per heavy atom. The van der Waals surface area contributed by atoms with Crippen molar-refractivity contribution >= 4 is 12.0 Å². The number of halogens is 1. The Balaban J connectivity index is 1.26. The number of nitrogens with one attached hydrogen (secondary N) is 1. The molecule has 5 rings (SSSR count). The second-order valence-electron chi connectivity index (χ2n) is 7.99. The summed E-state index contributed by atoms with van der Waals surface area (Å²) in [6, 6.07) is 15.1. The molecule has 0 saturated carbocycles. The van der Waals surface area contributed by atoms with Gasteiger partial charge in [-0.1, -0.05) is 30.3 Å². The van der Waals surface area contributed by atoms with E-state index in [-0.39, 0.29) is 36.4 Å². The van der Waals surface area contributed by atoms with Crippen LogP contribution in [0.4, 0.5) is 9.18 Å². The highest BCUT2D eigenvalue weighted by molar-refractivity contribution is 5.93. The predicted molar refractivity (Wildman–Crippen MR) is 120 cm³/mol. The quantitative estimate of drug-likeness (QED) is 0.470. The van der Waals surface area contributed by atoms with Gasteiger partial charge >= 0.3 is 6.09 Å². The van der Waals surface area contributed by atoms with E-state index in [9.17, 15) is 14.0 Å². The summed E-state index contributed by atoms with van der Waals surface area (Å²) in [7, 11) is 0. The minimum atomic E-state index is -0.740. The summed E-state index contributed by atoms with van der Waals surface area (Å²) >= 11 is 0. The van der Waals surface area contributed by atoms with Crippen molar-refractivity contribution in [3.05, 3.63) is 88.7 Å². The highest BCUT2D eigenvalue weighted by Crippen LogP contribution is 2.28. The lowest BCUT2D eigenvalue weighted by Crippen LogP contribution is -2.36. The molecule has 0 unspecified atom stereocenters. The molecule has 3 heterocycles. The topological polar surface area (TPSA) is 115 Å². The summed E-state index contributed by atoms with van der Waals surface area (Å²) in [5.74, 6) is -0.0930. The number of carbonyl (C=O) groups excluding carboxylic acids is 2. The summed E-state index contributed by atoms with van der Waals surface area (Å²) in [5, 5.41) is 15.2. The molecular formula is C24H21FN6O4. The molecule has 1 aliphatic heterocycles. The van der Waals surface area contributed by atoms with Crippen LogP contribution in [0, 0.1) is 12.7 Å². The fraction of sp³-hybridized carbons (Fsp3) is 0.208.